The van der Waals surface area contributed by atoms with Crippen LogP contribution < -0.4 is 4.74 Å². The van der Waals surface area contributed by atoms with E-state index in [1.54, 1.807) is 18.3 Å². The Morgan fingerprint density at radius 1 is 1.31 bits per heavy atom. The zero-order valence-corrected chi connectivity index (χ0v) is 18.3. The molecule has 1 aromatic carbocycles. The molecule has 0 saturated carbocycles. The van der Waals surface area contributed by atoms with E-state index >= 15 is 0 Å². The minimum atomic E-state index is -0.951. The molecule has 29 heavy (non-hydrogen) atoms. The molecule has 3 aromatic rings. The van der Waals surface area contributed by atoms with Gasteiger partial charge in [-0.2, -0.15) is 0 Å². The number of hydrogen-bond acceptors (Lipinski definition) is 6. The summed E-state index contributed by atoms with van der Waals surface area (Å²) in [5.74, 6) is 1.25. The van der Waals surface area contributed by atoms with E-state index in [0.717, 1.165) is 32.9 Å². The lowest BCUT2D eigenvalue weighted by molar-refractivity contribution is -0.149. The third-order valence-electron chi connectivity index (χ3n) is 4.61. The van der Waals surface area contributed by atoms with Gasteiger partial charge in [0.25, 0.3) is 0 Å². The molecule has 0 radical (unpaired) electrons. The van der Waals surface area contributed by atoms with Crippen LogP contribution in [-0.2, 0) is 28.0 Å². The van der Waals surface area contributed by atoms with Crippen LogP contribution in [0.4, 0.5) is 0 Å². The number of rotatable bonds is 8. The number of aryl methyl sites for hydroxylation is 1. The first-order chi connectivity index (χ1) is 13.7. The van der Waals surface area contributed by atoms with Gasteiger partial charge in [-0.15, -0.1) is 11.3 Å². The summed E-state index contributed by atoms with van der Waals surface area (Å²) in [5, 5.41) is 12.3. The summed E-state index contributed by atoms with van der Waals surface area (Å²) in [6.45, 7) is 10.5. The maximum absolute atomic E-state index is 11.4. The van der Waals surface area contributed by atoms with Gasteiger partial charge in [0.15, 0.2) is 12.0 Å². The Kier molecular flexibility index (Phi) is 6.29. The number of hydrogen-bond donors (Lipinski definition) is 1. The molecular weight excluding hydrogens is 390 g/mol. The standard InChI is InChI=1S/C22H27NO5S/c1-6-26-18(20(24)25)11-14-7-8-17(15-9-10-29-19(14)15)27-12-16-13(2)28-21(23-16)22(3,4)5/h7-10,18H,6,11-12H2,1-5H3,(H,24,25). The molecule has 0 aliphatic rings. The van der Waals surface area contributed by atoms with Gasteiger partial charge >= 0.3 is 5.97 Å². The van der Waals surface area contributed by atoms with Crippen molar-refractivity contribution >= 4 is 27.4 Å². The van der Waals surface area contributed by atoms with E-state index in [9.17, 15) is 9.90 Å². The van der Waals surface area contributed by atoms with Crippen molar-refractivity contribution in [2.75, 3.05) is 6.61 Å². The highest BCUT2D eigenvalue weighted by atomic mass is 32.1. The number of nitrogens with zero attached hydrogens (tertiary/aromatic N) is 1. The fourth-order valence-electron chi connectivity index (χ4n) is 3.03. The van der Waals surface area contributed by atoms with E-state index in [2.05, 4.69) is 25.8 Å². The molecule has 0 bridgehead atoms. The van der Waals surface area contributed by atoms with Crippen molar-refractivity contribution in [3.05, 3.63) is 46.5 Å². The van der Waals surface area contributed by atoms with Gasteiger partial charge in [0.1, 0.15) is 23.8 Å². The minimum absolute atomic E-state index is 0.160. The zero-order valence-electron chi connectivity index (χ0n) is 17.4. The van der Waals surface area contributed by atoms with Crippen LogP contribution in [0.5, 0.6) is 5.75 Å². The average Bonchev–Trinajstić information content (AvgIpc) is 3.27. The Morgan fingerprint density at radius 3 is 2.69 bits per heavy atom. The van der Waals surface area contributed by atoms with Crippen molar-refractivity contribution in [1.82, 2.24) is 4.98 Å². The van der Waals surface area contributed by atoms with Crippen LogP contribution in [0, 0.1) is 6.92 Å². The molecule has 1 atom stereocenters. The third kappa shape index (κ3) is 4.79. The second-order valence-corrected chi connectivity index (χ2v) is 8.85. The Hall–Kier alpha value is -2.38. The van der Waals surface area contributed by atoms with Crippen LogP contribution in [0.2, 0.25) is 0 Å². The van der Waals surface area contributed by atoms with E-state index in [1.165, 1.54) is 0 Å². The molecule has 0 aliphatic carbocycles. The van der Waals surface area contributed by atoms with Gasteiger partial charge in [0.05, 0.1) is 0 Å². The SMILES string of the molecule is CCOC(Cc1ccc(OCc2nc(C(C)(C)C)oc2C)c2ccsc12)C(=O)O. The summed E-state index contributed by atoms with van der Waals surface area (Å²) in [5.41, 5.74) is 1.56. The lowest BCUT2D eigenvalue weighted by Crippen LogP contribution is -2.26. The summed E-state index contributed by atoms with van der Waals surface area (Å²) >= 11 is 1.57. The number of carboxylic acids is 1. The van der Waals surface area contributed by atoms with Crippen molar-refractivity contribution in [1.29, 1.82) is 0 Å². The van der Waals surface area contributed by atoms with Crippen LogP contribution in [0.1, 0.15) is 50.6 Å². The largest absolute Gasteiger partial charge is 0.486 e. The van der Waals surface area contributed by atoms with E-state index in [4.69, 9.17) is 13.9 Å². The highest BCUT2D eigenvalue weighted by Crippen LogP contribution is 2.34. The van der Waals surface area contributed by atoms with Gasteiger partial charge in [0.2, 0.25) is 0 Å². The summed E-state index contributed by atoms with van der Waals surface area (Å²) in [6.07, 6.45) is -0.539. The zero-order chi connectivity index (χ0) is 21.2. The molecule has 0 fully saturated rings. The molecule has 0 spiro atoms. The molecule has 1 N–H and O–H groups in total. The Morgan fingerprint density at radius 2 is 2.07 bits per heavy atom. The van der Waals surface area contributed by atoms with Crippen LogP contribution in [-0.4, -0.2) is 28.8 Å². The smallest absolute Gasteiger partial charge is 0.333 e. The first kappa shape index (κ1) is 21.3. The molecular formula is C22H27NO5S. The van der Waals surface area contributed by atoms with Gasteiger partial charge in [-0.25, -0.2) is 9.78 Å². The quantitative estimate of drug-likeness (QED) is 0.549. The lowest BCUT2D eigenvalue weighted by atomic mass is 9.97. The van der Waals surface area contributed by atoms with Crippen molar-refractivity contribution in [2.45, 2.75) is 59.2 Å². The summed E-state index contributed by atoms with van der Waals surface area (Å²) < 4.78 is 18.2. The van der Waals surface area contributed by atoms with Crippen LogP contribution in [0.25, 0.3) is 10.1 Å². The van der Waals surface area contributed by atoms with Crippen molar-refractivity contribution in [3.63, 3.8) is 0 Å². The van der Waals surface area contributed by atoms with Crippen molar-refractivity contribution in [2.24, 2.45) is 0 Å². The number of carboxylic acid groups (broad SMARTS) is 1. The monoisotopic (exact) mass is 417 g/mol. The van der Waals surface area contributed by atoms with E-state index in [-0.39, 0.29) is 5.41 Å². The fraction of sp³-hybridized carbons (Fsp3) is 0.455. The van der Waals surface area contributed by atoms with Crippen LogP contribution >= 0.6 is 11.3 Å². The molecule has 0 amide bonds. The predicted octanol–water partition coefficient (Wildman–Crippen LogP) is 5.11. The minimum Gasteiger partial charge on any atom is -0.486 e. The first-order valence-corrected chi connectivity index (χ1v) is 10.5. The molecule has 2 aromatic heterocycles. The van der Waals surface area contributed by atoms with Gasteiger partial charge in [-0.1, -0.05) is 26.8 Å². The Bertz CT molecular complexity index is 998. The normalized spacial score (nSPS) is 13.0. The number of ether oxygens (including phenoxy) is 2. The maximum atomic E-state index is 11.4. The second kappa shape index (κ2) is 8.55. The maximum Gasteiger partial charge on any atom is 0.333 e. The van der Waals surface area contributed by atoms with Gasteiger partial charge < -0.3 is 19.0 Å². The number of oxazole rings is 1. The van der Waals surface area contributed by atoms with Crippen molar-refractivity contribution in [3.8, 4) is 5.75 Å². The fourth-order valence-corrected chi connectivity index (χ4v) is 3.97. The lowest BCUT2D eigenvalue weighted by Gasteiger charge is -2.14. The average molecular weight is 418 g/mol. The number of aliphatic carboxylic acids is 1. The molecule has 0 aliphatic heterocycles. The summed E-state index contributed by atoms with van der Waals surface area (Å²) in [7, 11) is 0. The number of aromatic nitrogens is 1. The predicted molar refractivity (Wildman–Crippen MR) is 113 cm³/mol. The van der Waals surface area contributed by atoms with E-state index in [1.807, 2.05) is 30.5 Å². The molecule has 6 nitrogen and oxygen atoms in total. The number of thiophene rings is 1. The van der Waals surface area contributed by atoms with Crippen LogP contribution in [0.15, 0.2) is 28.0 Å². The first-order valence-electron chi connectivity index (χ1n) is 9.63. The number of carbonyl (C=O) groups is 1. The third-order valence-corrected chi connectivity index (χ3v) is 5.60. The van der Waals surface area contributed by atoms with Gasteiger partial charge in [0, 0.05) is 28.5 Å². The number of fused-ring (bicyclic) bond motifs is 1. The molecule has 3 rings (SSSR count). The Labute approximate surface area is 174 Å². The summed E-state index contributed by atoms with van der Waals surface area (Å²) in [4.78, 5) is 16.0. The second-order valence-electron chi connectivity index (χ2n) is 7.93. The molecule has 156 valence electrons. The number of benzene rings is 1. The highest BCUT2D eigenvalue weighted by molar-refractivity contribution is 7.17. The topological polar surface area (TPSA) is 81.8 Å². The Balaban J connectivity index is 1.81. The molecule has 7 heteroatoms. The highest BCUT2D eigenvalue weighted by Gasteiger charge is 2.23. The van der Waals surface area contributed by atoms with E-state index < -0.39 is 12.1 Å². The summed E-state index contributed by atoms with van der Waals surface area (Å²) in [6, 6.07) is 5.79. The van der Waals surface area contributed by atoms with Crippen LogP contribution in [0.3, 0.4) is 0 Å². The van der Waals surface area contributed by atoms with Gasteiger partial charge in [-0.3, -0.25) is 0 Å². The van der Waals surface area contributed by atoms with Crippen molar-refractivity contribution < 1.29 is 23.8 Å². The molecule has 1 unspecified atom stereocenters. The van der Waals surface area contributed by atoms with Gasteiger partial charge in [-0.05, 0) is 36.9 Å². The molecule has 2 heterocycles. The van der Waals surface area contributed by atoms with E-state index in [0.29, 0.717) is 25.5 Å². The molecule has 0 saturated heterocycles.